The molecule has 5 aliphatic carbocycles. The summed E-state index contributed by atoms with van der Waals surface area (Å²) in [6.07, 6.45) is 48.0. The number of nitrogens with zero attached hydrogens (tertiary/aromatic N) is 15. The van der Waals surface area contributed by atoms with Gasteiger partial charge in [-0.2, -0.15) is 0 Å². The van der Waals surface area contributed by atoms with E-state index in [0.717, 1.165) is 102 Å². The van der Waals surface area contributed by atoms with Crippen LogP contribution in [-0.4, -0.2) is 49.8 Å². The van der Waals surface area contributed by atoms with E-state index in [-0.39, 0.29) is 0 Å². The molecule has 0 saturated carbocycles. The number of rotatable bonds is 0. The van der Waals surface area contributed by atoms with Crippen molar-refractivity contribution in [3.63, 3.8) is 0 Å². The van der Waals surface area contributed by atoms with Crippen molar-refractivity contribution in [3.8, 4) is 55.6 Å². The quantitative estimate of drug-likeness (QED) is 0.142. The summed E-state index contributed by atoms with van der Waals surface area (Å²) in [5, 5.41) is 0. The Morgan fingerprint density at radius 1 is 0.136 bits per heavy atom. The minimum absolute atomic E-state index is 0.856. The molecule has 15 nitrogen and oxygen atoms in total. The molecule has 0 fully saturated rings. The lowest BCUT2D eigenvalue weighted by atomic mass is 9.85. The van der Waals surface area contributed by atoms with E-state index in [1.54, 1.807) is 0 Å². The first-order valence-electron chi connectivity index (χ1n) is 49.0. The summed E-state index contributed by atoms with van der Waals surface area (Å²) in [7, 11) is 0. The lowest BCUT2D eigenvalue weighted by Gasteiger charge is -2.39. The first-order chi connectivity index (χ1) is 69.4. The van der Waals surface area contributed by atoms with E-state index >= 15 is 0 Å². The van der Waals surface area contributed by atoms with Crippen molar-refractivity contribution in [3.05, 3.63) is 503 Å². The van der Waals surface area contributed by atoms with Crippen LogP contribution in [0.1, 0.15) is 167 Å². The number of fused-ring (bicyclic) bond motifs is 40. The molecule has 0 atom stereocenters. The van der Waals surface area contributed by atoms with Crippen molar-refractivity contribution in [1.29, 1.82) is 0 Å². The third-order valence-electron chi connectivity index (χ3n) is 32.4. The average molecular weight is 1800 g/mol. The molecule has 0 bridgehead atoms. The highest BCUT2D eigenvalue weighted by atomic mass is 15.2. The molecule has 20 heterocycles. The predicted molar refractivity (Wildman–Crippen MR) is 553 cm³/mol. The molecule has 0 amide bonds. The zero-order valence-corrected chi connectivity index (χ0v) is 76.6. The Bertz CT molecular complexity index is 7710. The van der Waals surface area contributed by atoms with Gasteiger partial charge in [-0.1, -0.05) is 152 Å². The summed E-state index contributed by atoms with van der Waals surface area (Å²) in [4.78, 5) is 57.5. The van der Waals surface area contributed by atoms with Crippen molar-refractivity contribution >= 4 is 85.3 Å². The van der Waals surface area contributed by atoms with Crippen LogP contribution in [0, 0.1) is 0 Å². The fraction of sp³-hybridized carbons (Fsp3) is 0.120. The number of benzene rings is 10. The van der Waals surface area contributed by atoms with Gasteiger partial charge in [-0.25, -0.2) is 0 Å². The Labute approximate surface area is 809 Å². The third-order valence-corrected chi connectivity index (χ3v) is 32.4. The van der Waals surface area contributed by atoms with E-state index in [1.807, 2.05) is 93.0 Å². The number of aromatic nitrogens is 10. The van der Waals surface area contributed by atoms with E-state index in [2.05, 4.69) is 302 Å². The van der Waals surface area contributed by atoms with Crippen LogP contribution in [0.2, 0.25) is 0 Å². The molecule has 660 valence electrons. The van der Waals surface area contributed by atoms with Crippen LogP contribution < -0.4 is 24.5 Å². The molecule has 10 aromatic carbocycles. The van der Waals surface area contributed by atoms with E-state index in [1.165, 1.54) is 303 Å². The number of hydrogen-bond donors (Lipinski definition) is 0. The van der Waals surface area contributed by atoms with Crippen LogP contribution in [0.25, 0.3) is 55.6 Å². The molecular weight excluding hydrogens is 1710 g/mol. The molecule has 35 rings (SSSR count). The van der Waals surface area contributed by atoms with Crippen LogP contribution in [0.5, 0.6) is 0 Å². The van der Waals surface area contributed by atoms with Crippen molar-refractivity contribution in [2.45, 2.75) is 96.3 Å². The summed E-state index contributed by atoms with van der Waals surface area (Å²) in [5.41, 5.74) is 74.2. The predicted octanol–water partition coefficient (Wildman–Crippen LogP) is 26.6. The third kappa shape index (κ3) is 11.5. The van der Waals surface area contributed by atoms with Crippen molar-refractivity contribution < 1.29 is 0 Å². The molecule has 0 radical (unpaired) electrons. The van der Waals surface area contributed by atoms with Crippen molar-refractivity contribution in [2.75, 3.05) is 24.5 Å². The van der Waals surface area contributed by atoms with Crippen LogP contribution in [-0.2, 0) is 96.3 Å². The molecule has 20 aromatic rings. The zero-order valence-electron chi connectivity index (χ0n) is 76.6. The monoisotopic (exact) mass is 1800 g/mol. The molecule has 140 heavy (non-hydrogen) atoms. The van der Waals surface area contributed by atoms with Crippen molar-refractivity contribution in [2.24, 2.45) is 0 Å². The molecule has 15 aliphatic rings. The van der Waals surface area contributed by atoms with Gasteiger partial charge in [0, 0.05) is 163 Å². The van der Waals surface area contributed by atoms with Crippen LogP contribution in [0.4, 0.5) is 85.3 Å². The van der Waals surface area contributed by atoms with Gasteiger partial charge in [0.1, 0.15) is 0 Å². The van der Waals surface area contributed by atoms with Gasteiger partial charge in [0.15, 0.2) is 0 Å². The first-order valence-corrected chi connectivity index (χ1v) is 49.0. The second-order valence-electron chi connectivity index (χ2n) is 39.5. The second kappa shape index (κ2) is 30.1. The minimum atomic E-state index is 0.856. The number of pyridine rings is 10. The fourth-order valence-corrected chi connectivity index (χ4v) is 26.4. The van der Waals surface area contributed by atoms with Gasteiger partial charge in [-0.3, -0.25) is 49.8 Å². The Balaban J connectivity index is 0.0000000806. The average Bonchev–Trinajstić information content (AvgIpc) is 1.03. The summed E-state index contributed by atoms with van der Waals surface area (Å²) in [6.45, 7) is 0. The lowest BCUT2D eigenvalue weighted by Crippen LogP contribution is -2.26. The minimum Gasteiger partial charge on any atom is -0.309 e. The molecule has 0 spiro atoms. The normalized spacial score (nSPS) is 14.6. The standard InChI is InChI=1S/5C25H17N3/c1-2-4-18-15(3-1)12-20-19(18)5-6-24-21(20)13-22-25-16(7-10-27-22)11-17-14-26-9-8-23(17)28(24)25;1-2-4-18-15(3-1)11-20-19(18)5-6-24-21(20)12-16-7-10-27-22-13-17-14-26-9-8-23(17)28(24)25(16)22;1-2-4-18-15(3-1)11-20-19(18)5-6-23-21(20)12-17-8-10-27-22-13-16-7-9-26-14-24(16)28(23)25(17)22;1-2-4-19-15(3-1)10-21-20(19)5-6-24-22(21)11-18-14-27-13-17-9-16-12-26-8-7-23(16)28(24)25(17)18;1-2-4-19-15(3-1)10-21-20(19)5-6-23-22(21)11-18-13-27-12-17-9-16-7-8-26-14-24(16)28(23)25(17)18/h3*1-10,14H,11-13H2;2*1-8,12-14H,9-11H2. The smallest absolute Gasteiger partial charge is 0.0716 e. The molecular formula is C125H85N15. The molecule has 0 unspecified atom stereocenters. The van der Waals surface area contributed by atoms with Gasteiger partial charge in [-0.15, -0.1) is 0 Å². The van der Waals surface area contributed by atoms with Gasteiger partial charge < -0.3 is 24.5 Å². The van der Waals surface area contributed by atoms with Crippen LogP contribution in [0.15, 0.2) is 336 Å². The van der Waals surface area contributed by atoms with E-state index < -0.39 is 0 Å². The van der Waals surface area contributed by atoms with Gasteiger partial charge in [0.25, 0.3) is 0 Å². The van der Waals surface area contributed by atoms with E-state index in [0.29, 0.717) is 0 Å². The van der Waals surface area contributed by atoms with Gasteiger partial charge in [0.2, 0.25) is 0 Å². The van der Waals surface area contributed by atoms with Gasteiger partial charge >= 0.3 is 0 Å². The number of hydrogen-bond acceptors (Lipinski definition) is 15. The maximum absolute atomic E-state index is 4.80. The van der Waals surface area contributed by atoms with Gasteiger partial charge in [-0.05, 0) is 311 Å². The molecule has 0 N–H and O–H groups in total. The topological polar surface area (TPSA) is 145 Å². The summed E-state index contributed by atoms with van der Waals surface area (Å²) in [6, 6.07) is 84.5. The number of anilines is 15. The van der Waals surface area contributed by atoms with Crippen LogP contribution in [0.3, 0.4) is 0 Å². The molecule has 0 saturated heterocycles. The van der Waals surface area contributed by atoms with E-state index in [4.69, 9.17) is 15.0 Å². The molecule has 10 aromatic heterocycles. The van der Waals surface area contributed by atoms with Crippen LogP contribution >= 0.6 is 0 Å². The maximum atomic E-state index is 4.80. The maximum Gasteiger partial charge on any atom is 0.0716 e. The highest BCUT2D eigenvalue weighted by molar-refractivity contribution is 5.99. The van der Waals surface area contributed by atoms with Crippen molar-refractivity contribution in [1.82, 2.24) is 49.8 Å². The molecule has 15 heteroatoms. The zero-order chi connectivity index (χ0) is 91.2. The summed E-state index contributed by atoms with van der Waals surface area (Å²) in [5.74, 6) is 0. The Hall–Kier alpha value is -17.3. The SMILES string of the molecule is c1ccc2c(c1)Cc1c-2ccc2c1Cc1ccnc3c1N2c1ccncc1C3.c1ccc2c(c1)Cc1c-2ccc2c1Cc1ccnc3c1N2c1cnccc1C3.c1ccc2c(c1)Cc1c-2ccc2c1Cc1cncc3c1N2c1ccncc1C3.c1ccc2c(c1)Cc1c-2ccc2c1Cc1cncc3c1N2c1cnccc1C3.c1ccc2c(c1)Cc1c-2ccc2c1Cc1nccc3c1N2c1ccncc1C3. The van der Waals surface area contributed by atoms with Gasteiger partial charge in [0.05, 0.1) is 115 Å². The summed E-state index contributed by atoms with van der Waals surface area (Å²) < 4.78 is 0. The lowest BCUT2D eigenvalue weighted by molar-refractivity contribution is 0.944. The first kappa shape index (κ1) is 77.9. The van der Waals surface area contributed by atoms with E-state index in [9.17, 15) is 0 Å². The highest BCUT2D eigenvalue weighted by Gasteiger charge is 2.43. The Morgan fingerprint density at radius 2 is 0.379 bits per heavy atom. The fourth-order valence-electron chi connectivity index (χ4n) is 26.4. The Kier molecular flexibility index (Phi) is 16.8. The molecule has 10 aliphatic heterocycles. The summed E-state index contributed by atoms with van der Waals surface area (Å²) >= 11 is 0. The highest BCUT2D eigenvalue weighted by Crippen LogP contribution is 2.61. The largest absolute Gasteiger partial charge is 0.309 e. The second-order valence-corrected chi connectivity index (χ2v) is 39.5. The Morgan fingerprint density at radius 3 is 0.757 bits per heavy atom.